The average Bonchev–Trinajstić information content (AvgIpc) is 2.93. The Labute approximate surface area is 159 Å². The van der Waals surface area contributed by atoms with Crippen LogP contribution in [0.2, 0.25) is 0 Å². The molecule has 0 aliphatic carbocycles. The molecule has 2 aromatic carbocycles. The van der Waals surface area contributed by atoms with Gasteiger partial charge in [-0.25, -0.2) is 4.39 Å². The number of hydrogen-bond donors (Lipinski definition) is 0. The van der Waals surface area contributed by atoms with E-state index >= 15 is 0 Å². The number of aryl methyl sites for hydroxylation is 2. The molecule has 1 heterocycles. The van der Waals surface area contributed by atoms with Gasteiger partial charge < -0.3 is 9.80 Å². The number of halogens is 1. The highest BCUT2D eigenvalue weighted by molar-refractivity contribution is 5.94. The largest absolute Gasteiger partial charge is 0.341 e. The smallest absolute Gasteiger partial charge is 0.256 e. The molecule has 2 amide bonds. The second kappa shape index (κ2) is 8.80. The summed E-state index contributed by atoms with van der Waals surface area (Å²) in [5.41, 5.74) is 2.45. The van der Waals surface area contributed by atoms with Crippen molar-refractivity contribution in [1.82, 2.24) is 9.80 Å². The van der Waals surface area contributed by atoms with Crippen molar-refractivity contribution < 1.29 is 14.0 Å². The minimum atomic E-state index is -0.502. The van der Waals surface area contributed by atoms with Gasteiger partial charge in [0.15, 0.2) is 0 Å². The van der Waals surface area contributed by atoms with Crippen LogP contribution in [-0.4, -0.2) is 47.8 Å². The molecule has 1 aliphatic heterocycles. The summed E-state index contributed by atoms with van der Waals surface area (Å²) in [6.07, 6.45) is 1.88. The Kier molecular flexibility index (Phi) is 6.22. The molecule has 1 aliphatic rings. The van der Waals surface area contributed by atoms with Gasteiger partial charge in [-0.2, -0.15) is 0 Å². The maximum absolute atomic E-state index is 13.9. The maximum Gasteiger partial charge on any atom is 0.256 e. The number of rotatable bonds is 4. The zero-order chi connectivity index (χ0) is 19.2. The molecule has 2 aromatic rings. The zero-order valence-electron chi connectivity index (χ0n) is 15.7. The van der Waals surface area contributed by atoms with Crippen LogP contribution in [-0.2, 0) is 11.2 Å². The number of hydrogen-bond acceptors (Lipinski definition) is 2. The predicted molar refractivity (Wildman–Crippen MR) is 103 cm³/mol. The standard InChI is InChI=1S/C22H25FN2O2/c1-17-7-9-18(10-8-17)11-12-21(26)24-13-4-14-25(16-15-24)22(27)19-5-2-3-6-20(19)23/h2-3,5-10H,4,11-16H2,1H3. The number of carbonyl (C=O) groups is 2. The van der Waals surface area contributed by atoms with Gasteiger partial charge in [0, 0.05) is 32.6 Å². The van der Waals surface area contributed by atoms with E-state index in [2.05, 4.69) is 24.3 Å². The molecule has 142 valence electrons. The summed E-state index contributed by atoms with van der Waals surface area (Å²) in [5.74, 6) is -0.699. The van der Waals surface area contributed by atoms with Crippen molar-refractivity contribution in [3.05, 3.63) is 71.0 Å². The summed E-state index contributed by atoms with van der Waals surface area (Å²) in [6, 6.07) is 14.3. The van der Waals surface area contributed by atoms with E-state index in [-0.39, 0.29) is 17.4 Å². The van der Waals surface area contributed by atoms with Crippen LogP contribution in [0.5, 0.6) is 0 Å². The van der Waals surface area contributed by atoms with E-state index in [1.807, 2.05) is 11.8 Å². The Bertz CT molecular complexity index is 804. The Hall–Kier alpha value is -2.69. The van der Waals surface area contributed by atoms with Gasteiger partial charge in [0.2, 0.25) is 5.91 Å². The first-order chi connectivity index (χ1) is 13.0. The van der Waals surface area contributed by atoms with Gasteiger partial charge in [-0.1, -0.05) is 42.0 Å². The quantitative estimate of drug-likeness (QED) is 0.829. The minimum Gasteiger partial charge on any atom is -0.341 e. The van der Waals surface area contributed by atoms with E-state index in [1.54, 1.807) is 17.0 Å². The molecule has 1 saturated heterocycles. The van der Waals surface area contributed by atoms with Gasteiger partial charge in [0.05, 0.1) is 5.56 Å². The van der Waals surface area contributed by atoms with Crippen LogP contribution in [0, 0.1) is 12.7 Å². The highest BCUT2D eigenvalue weighted by atomic mass is 19.1. The van der Waals surface area contributed by atoms with Crippen molar-refractivity contribution >= 4 is 11.8 Å². The minimum absolute atomic E-state index is 0.0941. The molecule has 0 unspecified atom stereocenters. The summed E-state index contributed by atoms with van der Waals surface area (Å²) < 4.78 is 13.9. The van der Waals surface area contributed by atoms with Crippen LogP contribution in [0.15, 0.2) is 48.5 Å². The van der Waals surface area contributed by atoms with Crippen LogP contribution < -0.4 is 0 Å². The van der Waals surface area contributed by atoms with Crippen molar-refractivity contribution in [2.24, 2.45) is 0 Å². The topological polar surface area (TPSA) is 40.6 Å². The molecular weight excluding hydrogens is 343 g/mol. The maximum atomic E-state index is 13.9. The molecule has 0 aromatic heterocycles. The Morgan fingerprint density at radius 1 is 0.926 bits per heavy atom. The fourth-order valence-corrected chi connectivity index (χ4v) is 3.34. The molecular formula is C22H25FN2O2. The fourth-order valence-electron chi connectivity index (χ4n) is 3.34. The first-order valence-corrected chi connectivity index (χ1v) is 9.42. The third-order valence-corrected chi connectivity index (χ3v) is 4.99. The van der Waals surface area contributed by atoms with E-state index in [9.17, 15) is 14.0 Å². The van der Waals surface area contributed by atoms with Crippen molar-refractivity contribution in [2.75, 3.05) is 26.2 Å². The molecule has 1 fully saturated rings. The lowest BCUT2D eigenvalue weighted by molar-refractivity contribution is -0.131. The number of benzene rings is 2. The Balaban J connectivity index is 1.54. The molecule has 0 radical (unpaired) electrons. The van der Waals surface area contributed by atoms with E-state index in [0.717, 1.165) is 5.56 Å². The lowest BCUT2D eigenvalue weighted by Gasteiger charge is -2.22. The van der Waals surface area contributed by atoms with Gasteiger partial charge in [-0.3, -0.25) is 9.59 Å². The van der Waals surface area contributed by atoms with E-state index < -0.39 is 5.82 Å². The fraction of sp³-hybridized carbons (Fsp3) is 0.364. The first-order valence-electron chi connectivity index (χ1n) is 9.42. The van der Waals surface area contributed by atoms with E-state index in [4.69, 9.17) is 0 Å². The lowest BCUT2D eigenvalue weighted by atomic mass is 10.1. The highest BCUT2D eigenvalue weighted by Gasteiger charge is 2.24. The number of nitrogens with zero attached hydrogens (tertiary/aromatic N) is 2. The normalized spacial score (nSPS) is 14.7. The monoisotopic (exact) mass is 368 g/mol. The van der Waals surface area contributed by atoms with Crippen LogP contribution in [0.3, 0.4) is 0 Å². The lowest BCUT2D eigenvalue weighted by Crippen LogP contribution is -2.37. The van der Waals surface area contributed by atoms with E-state index in [0.29, 0.717) is 45.4 Å². The van der Waals surface area contributed by atoms with Crippen LogP contribution in [0.25, 0.3) is 0 Å². The highest BCUT2D eigenvalue weighted by Crippen LogP contribution is 2.14. The van der Waals surface area contributed by atoms with Gasteiger partial charge in [0.25, 0.3) is 5.91 Å². The zero-order valence-corrected chi connectivity index (χ0v) is 15.7. The molecule has 0 bridgehead atoms. The molecule has 3 rings (SSSR count). The summed E-state index contributed by atoms with van der Waals surface area (Å²) in [5, 5.41) is 0. The van der Waals surface area contributed by atoms with Crippen molar-refractivity contribution in [3.8, 4) is 0 Å². The average molecular weight is 368 g/mol. The molecule has 0 saturated carbocycles. The van der Waals surface area contributed by atoms with Gasteiger partial charge in [-0.15, -0.1) is 0 Å². The Morgan fingerprint density at radius 3 is 2.33 bits per heavy atom. The molecule has 4 nitrogen and oxygen atoms in total. The second-order valence-electron chi connectivity index (χ2n) is 6.99. The first kappa shape index (κ1) is 19.1. The van der Waals surface area contributed by atoms with Gasteiger partial charge in [-0.05, 0) is 37.5 Å². The molecule has 5 heteroatoms. The third-order valence-electron chi connectivity index (χ3n) is 4.99. The molecule has 0 atom stereocenters. The summed E-state index contributed by atoms with van der Waals surface area (Å²) in [7, 11) is 0. The molecule has 0 N–H and O–H groups in total. The Morgan fingerprint density at radius 2 is 1.59 bits per heavy atom. The van der Waals surface area contributed by atoms with Gasteiger partial charge in [0.1, 0.15) is 5.82 Å². The summed E-state index contributed by atoms with van der Waals surface area (Å²) >= 11 is 0. The van der Waals surface area contributed by atoms with Crippen molar-refractivity contribution in [2.45, 2.75) is 26.2 Å². The van der Waals surface area contributed by atoms with Crippen LogP contribution in [0.1, 0.15) is 34.3 Å². The van der Waals surface area contributed by atoms with Crippen molar-refractivity contribution in [1.29, 1.82) is 0 Å². The molecule has 0 spiro atoms. The van der Waals surface area contributed by atoms with E-state index in [1.165, 1.54) is 17.7 Å². The number of amides is 2. The van der Waals surface area contributed by atoms with Crippen LogP contribution >= 0.6 is 0 Å². The summed E-state index contributed by atoms with van der Waals surface area (Å²) in [6.45, 7) is 4.14. The van der Waals surface area contributed by atoms with Gasteiger partial charge >= 0.3 is 0 Å². The second-order valence-corrected chi connectivity index (χ2v) is 6.99. The number of carbonyl (C=O) groups excluding carboxylic acids is 2. The summed E-state index contributed by atoms with van der Waals surface area (Å²) in [4.78, 5) is 28.6. The van der Waals surface area contributed by atoms with Crippen molar-refractivity contribution in [3.63, 3.8) is 0 Å². The third kappa shape index (κ3) is 4.94. The predicted octanol–water partition coefficient (Wildman–Crippen LogP) is 3.44. The van der Waals surface area contributed by atoms with Crippen LogP contribution in [0.4, 0.5) is 4.39 Å². The SMILES string of the molecule is Cc1ccc(CCC(=O)N2CCCN(C(=O)c3ccccc3F)CC2)cc1. The molecule has 27 heavy (non-hydrogen) atoms.